The summed E-state index contributed by atoms with van der Waals surface area (Å²) in [6, 6.07) is 17.5. The van der Waals surface area contributed by atoms with Crippen LogP contribution in [-0.2, 0) is 4.74 Å². The average Bonchev–Trinajstić information content (AvgIpc) is 3.15. The molecule has 0 bridgehead atoms. The van der Waals surface area contributed by atoms with Crippen molar-refractivity contribution in [3.05, 3.63) is 88.6 Å². The van der Waals surface area contributed by atoms with Gasteiger partial charge in [0, 0.05) is 11.1 Å². The number of halogens is 1. The predicted octanol–water partition coefficient (Wildman–Crippen LogP) is 5.28. The van der Waals surface area contributed by atoms with Gasteiger partial charge in [0.2, 0.25) is 0 Å². The first-order chi connectivity index (χ1) is 12.6. The fourth-order valence-corrected chi connectivity index (χ4v) is 2.59. The van der Waals surface area contributed by atoms with Crippen LogP contribution < -0.4 is 0 Å². The Kier molecular flexibility index (Phi) is 5.34. The molecule has 3 aromatic rings. The number of allylic oxidation sites excluding steroid dienone is 1. The number of benzene rings is 2. The third kappa shape index (κ3) is 3.92. The summed E-state index contributed by atoms with van der Waals surface area (Å²) >= 11 is 6.03. The van der Waals surface area contributed by atoms with Crippen molar-refractivity contribution in [2.24, 2.45) is 0 Å². The van der Waals surface area contributed by atoms with Gasteiger partial charge in [0.1, 0.15) is 11.5 Å². The first-order valence-electron chi connectivity index (χ1n) is 7.84. The van der Waals surface area contributed by atoms with E-state index in [1.165, 1.54) is 13.2 Å². The van der Waals surface area contributed by atoms with Crippen molar-refractivity contribution in [3.63, 3.8) is 0 Å². The Morgan fingerprint density at radius 2 is 1.81 bits per heavy atom. The van der Waals surface area contributed by atoms with Gasteiger partial charge < -0.3 is 9.15 Å². The highest BCUT2D eigenvalue weighted by Crippen LogP contribution is 2.27. The van der Waals surface area contributed by atoms with Crippen LogP contribution in [0.4, 0.5) is 0 Å². The predicted molar refractivity (Wildman–Crippen MR) is 100 cm³/mol. The summed E-state index contributed by atoms with van der Waals surface area (Å²) in [6.07, 6.45) is 3.07. The highest BCUT2D eigenvalue weighted by Gasteiger charge is 2.13. The van der Waals surface area contributed by atoms with Crippen LogP contribution >= 0.6 is 11.6 Å². The fraction of sp³-hybridized carbons (Fsp3) is 0.0476. The summed E-state index contributed by atoms with van der Waals surface area (Å²) in [7, 11) is 1.30. The van der Waals surface area contributed by atoms with Gasteiger partial charge in [-0.05, 0) is 42.5 Å². The number of methoxy groups -OCH3 is 1. The SMILES string of the molecule is COC(=O)c1cc(-c2ccc(/C=C/C(=O)c3ccccc3)o2)ccc1Cl. The molecule has 1 aromatic heterocycles. The van der Waals surface area contributed by atoms with Crippen LogP contribution in [0.15, 0.2) is 71.2 Å². The van der Waals surface area contributed by atoms with Crippen LogP contribution in [0.25, 0.3) is 17.4 Å². The van der Waals surface area contributed by atoms with E-state index in [1.54, 1.807) is 48.5 Å². The molecule has 0 radical (unpaired) electrons. The maximum atomic E-state index is 12.1. The molecule has 0 saturated carbocycles. The molecule has 0 fully saturated rings. The minimum absolute atomic E-state index is 0.108. The van der Waals surface area contributed by atoms with Crippen LogP contribution in [-0.4, -0.2) is 18.9 Å². The van der Waals surface area contributed by atoms with E-state index in [2.05, 4.69) is 0 Å². The van der Waals surface area contributed by atoms with Crippen LogP contribution in [0.3, 0.4) is 0 Å². The van der Waals surface area contributed by atoms with Gasteiger partial charge in [0.05, 0.1) is 17.7 Å². The normalized spacial score (nSPS) is 10.8. The monoisotopic (exact) mass is 366 g/mol. The first-order valence-corrected chi connectivity index (χ1v) is 8.22. The van der Waals surface area contributed by atoms with Crippen molar-refractivity contribution in [1.29, 1.82) is 0 Å². The Labute approximate surface area is 155 Å². The molecule has 0 aliphatic rings. The van der Waals surface area contributed by atoms with E-state index < -0.39 is 5.97 Å². The molecule has 0 saturated heterocycles. The number of hydrogen-bond donors (Lipinski definition) is 0. The fourth-order valence-electron chi connectivity index (χ4n) is 2.40. The summed E-state index contributed by atoms with van der Waals surface area (Å²) in [4.78, 5) is 23.8. The third-order valence-electron chi connectivity index (χ3n) is 3.74. The number of carbonyl (C=O) groups excluding carboxylic acids is 2. The standard InChI is InChI=1S/C21H15ClO4/c1-25-21(24)17-13-15(7-10-18(17)22)20-12-9-16(26-20)8-11-19(23)14-5-3-2-4-6-14/h2-13H,1H3/b11-8+. The first kappa shape index (κ1) is 17.7. The van der Waals surface area contributed by atoms with E-state index in [9.17, 15) is 9.59 Å². The van der Waals surface area contributed by atoms with E-state index >= 15 is 0 Å². The molecule has 0 aliphatic heterocycles. The second-order valence-electron chi connectivity index (χ2n) is 5.45. The van der Waals surface area contributed by atoms with Gasteiger partial charge in [-0.1, -0.05) is 41.9 Å². The number of ether oxygens (including phenoxy) is 1. The summed E-state index contributed by atoms with van der Waals surface area (Å²) in [6.45, 7) is 0. The lowest BCUT2D eigenvalue weighted by Gasteiger charge is -2.04. The molecule has 0 unspecified atom stereocenters. The second kappa shape index (κ2) is 7.85. The third-order valence-corrected chi connectivity index (χ3v) is 4.07. The molecular weight excluding hydrogens is 352 g/mol. The van der Waals surface area contributed by atoms with Crippen molar-refractivity contribution in [1.82, 2.24) is 0 Å². The Morgan fingerprint density at radius 1 is 1.04 bits per heavy atom. The van der Waals surface area contributed by atoms with Gasteiger partial charge in [0.15, 0.2) is 5.78 Å². The van der Waals surface area contributed by atoms with E-state index in [1.807, 2.05) is 18.2 Å². The summed E-state index contributed by atoms with van der Waals surface area (Å²) in [5.74, 6) is 0.456. The van der Waals surface area contributed by atoms with Crippen molar-refractivity contribution < 1.29 is 18.7 Å². The van der Waals surface area contributed by atoms with Crippen molar-refractivity contribution >= 4 is 29.4 Å². The maximum absolute atomic E-state index is 12.1. The molecule has 0 spiro atoms. The van der Waals surface area contributed by atoms with Crippen molar-refractivity contribution in [2.75, 3.05) is 7.11 Å². The average molecular weight is 367 g/mol. The van der Waals surface area contributed by atoms with Crippen molar-refractivity contribution in [2.45, 2.75) is 0 Å². The zero-order valence-electron chi connectivity index (χ0n) is 13.9. The lowest BCUT2D eigenvalue weighted by molar-refractivity contribution is 0.0601. The number of furan rings is 1. The van der Waals surface area contributed by atoms with Crippen LogP contribution in [0, 0.1) is 0 Å². The van der Waals surface area contributed by atoms with Gasteiger partial charge in [-0.15, -0.1) is 0 Å². The number of ketones is 1. The second-order valence-corrected chi connectivity index (χ2v) is 5.86. The van der Waals surface area contributed by atoms with Crippen LogP contribution in [0.2, 0.25) is 5.02 Å². The maximum Gasteiger partial charge on any atom is 0.339 e. The summed E-state index contributed by atoms with van der Waals surface area (Å²) in [5.41, 5.74) is 1.55. The highest BCUT2D eigenvalue weighted by atomic mass is 35.5. The van der Waals surface area contributed by atoms with Crippen LogP contribution in [0.1, 0.15) is 26.5 Å². The minimum atomic E-state index is -0.517. The Morgan fingerprint density at radius 3 is 2.54 bits per heavy atom. The van der Waals surface area contributed by atoms with Gasteiger partial charge in [-0.25, -0.2) is 4.79 Å². The molecule has 1 heterocycles. The van der Waals surface area contributed by atoms with Crippen molar-refractivity contribution in [3.8, 4) is 11.3 Å². The summed E-state index contributed by atoms with van der Waals surface area (Å²) < 4.78 is 10.4. The zero-order valence-corrected chi connectivity index (χ0v) is 14.7. The topological polar surface area (TPSA) is 56.5 Å². The molecule has 0 atom stereocenters. The lowest BCUT2D eigenvalue weighted by Crippen LogP contribution is -2.02. The molecule has 2 aromatic carbocycles. The zero-order chi connectivity index (χ0) is 18.5. The molecule has 5 heteroatoms. The van der Waals surface area contributed by atoms with E-state index in [-0.39, 0.29) is 11.3 Å². The molecule has 3 rings (SSSR count). The molecule has 0 aliphatic carbocycles. The van der Waals surface area contributed by atoms with E-state index in [0.717, 1.165) is 0 Å². The number of carbonyl (C=O) groups is 2. The van der Waals surface area contributed by atoms with Gasteiger partial charge >= 0.3 is 5.97 Å². The Balaban J connectivity index is 1.81. The van der Waals surface area contributed by atoms with Gasteiger partial charge in [0.25, 0.3) is 0 Å². The van der Waals surface area contributed by atoms with Gasteiger partial charge in [-0.3, -0.25) is 4.79 Å². The van der Waals surface area contributed by atoms with Gasteiger partial charge in [-0.2, -0.15) is 0 Å². The lowest BCUT2D eigenvalue weighted by atomic mass is 10.1. The molecule has 0 amide bonds. The Hall–Kier alpha value is -3.11. The highest BCUT2D eigenvalue weighted by molar-refractivity contribution is 6.33. The number of hydrogen-bond acceptors (Lipinski definition) is 4. The number of esters is 1. The Bertz CT molecular complexity index is 971. The largest absolute Gasteiger partial charge is 0.465 e. The quantitative estimate of drug-likeness (QED) is 0.350. The molecule has 4 nitrogen and oxygen atoms in total. The number of rotatable bonds is 5. The summed E-state index contributed by atoms with van der Waals surface area (Å²) in [5, 5.41) is 0.306. The molecular formula is C21H15ClO4. The van der Waals surface area contributed by atoms with E-state index in [4.69, 9.17) is 20.8 Å². The minimum Gasteiger partial charge on any atom is -0.465 e. The van der Waals surface area contributed by atoms with E-state index in [0.29, 0.717) is 27.7 Å². The molecule has 0 N–H and O–H groups in total. The molecule has 26 heavy (non-hydrogen) atoms. The smallest absolute Gasteiger partial charge is 0.339 e. The molecule has 130 valence electrons. The van der Waals surface area contributed by atoms with Crippen LogP contribution in [0.5, 0.6) is 0 Å².